The van der Waals surface area contributed by atoms with Crippen LogP contribution in [0.4, 0.5) is 13.6 Å². The predicted molar refractivity (Wildman–Crippen MR) is 87.7 cm³/mol. The highest BCUT2D eigenvalue weighted by molar-refractivity contribution is 9.10. The largest absolute Gasteiger partial charge is 0.444 e. The third-order valence-electron chi connectivity index (χ3n) is 3.45. The van der Waals surface area contributed by atoms with Crippen LogP contribution in [0.3, 0.4) is 0 Å². The zero-order valence-electron chi connectivity index (χ0n) is 13.7. The molecule has 1 aliphatic rings. The van der Waals surface area contributed by atoms with Crippen molar-refractivity contribution in [2.24, 2.45) is 0 Å². The molecule has 132 valence electrons. The van der Waals surface area contributed by atoms with Crippen LogP contribution in [0, 0.1) is 11.6 Å². The lowest BCUT2D eigenvalue weighted by Crippen LogP contribution is -2.40. The van der Waals surface area contributed by atoms with Crippen LogP contribution in [0.25, 0.3) is 0 Å². The molecule has 1 N–H and O–H groups in total. The van der Waals surface area contributed by atoms with Crippen LogP contribution in [0.2, 0.25) is 0 Å². The summed E-state index contributed by atoms with van der Waals surface area (Å²) < 4.78 is 32.6. The quantitative estimate of drug-likeness (QED) is 0.767. The predicted octanol–water partition coefficient (Wildman–Crippen LogP) is 3.47. The number of ether oxygens (including phenoxy) is 1. The van der Waals surface area contributed by atoms with Crippen molar-refractivity contribution in [3.8, 4) is 0 Å². The van der Waals surface area contributed by atoms with Crippen molar-refractivity contribution >= 4 is 27.9 Å². The topological polar surface area (TPSA) is 58.6 Å². The van der Waals surface area contributed by atoms with E-state index in [4.69, 9.17) is 4.74 Å². The van der Waals surface area contributed by atoms with Gasteiger partial charge >= 0.3 is 6.09 Å². The van der Waals surface area contributed by atoms with Gasteiger partial charge < -0.3 is 15.0 Å². The summed E-state index contributed by atoms with van der Waals surface area (Å²) in [4.78, 5) is 25.6. The van der Waals surface area contributed by atoms with Gasteiger partial charge in [0.2, 0.25) is 0 Å². The van der Waals surface area contributed by atoms with Crippen LogP contribution in [0.15, 0.2) is 16.6 Å². The molecule has 1 aliphatic heterocycles. The van der Waals surface area contributed by atoms with E-state index in [1.54, 1.807) is 20.8 Å². The average molecular weight is 405 g/mol. The van der Waals surface area contributed by atoms with Gasteiger partial charge in [-0.25, -0.2) is 13.6 Å². The molecule has 0 aromatic heterocycles. The number of amides is 2. The van der Waals surface area contributed by atoms with Crippen molar-refractivity contribution in [2.75, 3.05) is 13.1 Å². The molecule has 2 rings (SSSR count). The molecule has 1 aromatic carbocycles. The summed E-state index contributed by atoms with van der Waals surface area (Å²) in [5.41, 5.74) is -0.970. The van der Waals surface area contributed by atoms with Crippen LogP contribution in [0.1, 0.15) is 37.6 Å². The van der Waals surface area contributed by atoms with Crippen molar-refractivity contribution < 1.29 is 23.1 Å². The molecule has 5 nitrogen and oxygen atoms in total. The number of likely N-dealkylation sites (tertiary alicyclic amines) is 1. The van der Waals surface area contributed by atoms with Crippen LogP contribution in [0.5, 0.6) is 0 Å². The van der Waals surface area contributed by atoms with Gasteiger partial charge in [-0.05, 0) is 55.3 Å². The normalized spacial score (nSPS) is 17.8. The van der Waals surface area contributed by atoms with E-state index >= 15 is 0 Å². The Kier molecular flexibility index (Phi) is 5.47. The van der Waals surface area contributed by atoms with Crippen molar-refractivity contribution in [1.82, 2.24) is 10.2 Å². The molecule has 0 saturated carbocycles. The minimum Gasteiger partial charge on any atom is -0.444 e. The van der Waals surface area contributed by atoms with Gasteiger partial charge in [0.1, 0.15) is 5.60 Å². The molecule has 1 saturated heterocycles. The fourth-order valence-corrected chi connectivity index (χ4v) is 2.64. The van der Waals surface area contributed by atoms with Gasteiger partial charge in [-0.1, -0.05) is 0 Å². The lowest BCUT2D eigenvalue weighted by Gasteiger charge is -2.24. The first-order chi connectivity index (χ1) is 11.1. The number of carbonyl (C=O) groups excluding carboxylic acids is 2. The maximum absolute atomic E-state index is 13.8. The molecule has 1 unspecified atom stereocenters. The van der Waals surface area contributed by atoms with Crippen molar-refractivity contribution in [2.45, 2.75) is 38.8 Å². The van der Waals surface area contributed by atoms with Gasteiger partial charge in [-0.2, -0.15) is 0 Å². The lowest BCUT2D eigenvalue weighted by molar-refractivity contribution is 0.0290. The summed E-state index contributed by atoms with van der Waals surface area (Å²) in [5, 5.41) is 2.62. The van der Waals surface area contributed by atoms with Gasteiger partial charge in [0, 0.05) is 19.1 Å². The molecule has 1 atom stereocenters. The van der Waals surface area contributed by atoms with E-state index in [-0.39, 0.29) is 22.6 Å². The zero-order chi connectivity index (χ0) is 18.1. The number of halogens is 3. The minimum absolute atomic E-state index is 0.0477. The Morgan fingerprint density at radius 1 is 1.29 bits per heavy atom. The number of benzene rings is 1. The number of rotatable bonds is 2. The fourth-order valence-electron chi connectivity index (χ4n) is 2.33. The summed E-state index contributed by atoms with van der Waals surface area (Å²) >= 11 is 2.86. The van der Waals surface area contributed by atoms with Crippen LogP contribution < -0.4 is 5.32 Å². The number of nitrogens with one attached hydrogen (secondary N) is 1. The van der Waals surface area contributed by atoms with E-state index < -0.39 is 29.2 Å². The molecule has 1 heterocycles. The first-order valence-corrected chi connectivity index (χ1v) is 8.30. The first-order valence-electron chi connectivity index (χ1n) is 7.51. The Balaban J connectivity index is 1.97. The highest BCUT2D eigenvalue weighted by Gasteiger charge is 2.31. The monoisotopic (exact) mass is 404 g/mol. The molecule has 24 heavy (non-hydrogen) atoms. The maximum atomic E-state index is 13.8. The standard InChI is InChI=1S/C16H19BrF2N2O3/c1-16(2,3)24-15(23)21-7-6-9(8-21)20-14(22)10-4-5-11(17)13(19)12(10)18/h4-5,9H,6-8H2,1-3H3,(H,20,22). The smallest absolute Gasteiger partial charge is 0.410 e. The van der Waals surface area contributed by atoms with Crippen molar-refractivity contribution in [3.63, 3.8) is 0 Å². The summed E-state index contributed by atoms with van der Waals surface area (Å²) in [5.74, 6) is -3.02. The minimum atomic E-state index is -1.20. The van der Waals surface area contributed by atoms with Crippen LogP contribution >= 0.6 is 15.9 Å². The second-order valence-corrected chi connectivity index (χ2v) is 7.46. The van der Waals surface area contributed by atoms with E-state index in [9.17, 15) is 18.4 Å². The molecular weight excluding hydrogens is 386 g/mol. The van der Waals surface area contributed by atoms with Gasteiger partial charge in [-0.15, -0.1) is 0 Å². The number of carbonyl (C=O) groups is 2. The molecular formula is C16H19BrF2N2O3. The van der Waals surface area contributed by atoms with Gasteiger partial charge in [0.25, 0.3) is 5.91 Å². The number of hydrogen-bond acceptors (Lipinski definition) is 3. The fraction of sp³-hybridized carbons (Fsp3) is 0.500. The van der Waals surface area contributed by atoms with Crippen molar-refractivity contribution in [3.05, 3.63) is 33.8 Å². The van der Waals surface area contributed by atoms with Gasteiger partial charge in [-0.3, -0.25) is 4.79 Å². The van der Waals surface area contributed by atoms with E-state index in [1.165, 1.54) is 17.0 Å². The average Bonchev–Trinajstić information content (AvgIpc) is 2.91. The summed E-state index contributed by atoms with van der Waals surface area (Å²) in [6.07, 6.45) is 0.0612. The summed E-state index contributed by atoms with van der Waals surface area (Å²) in [7, 11) is 0. The molecule has 2 amide bonds. The first kappa shape index (κ1) is 18.6. The second-order valence-electron chi connectivity index (χ2n) is 6.61. The Morgan fingerprint density at radius 3 is 2.58 bits per heavy atom. The second kappa shape index (κ2) is 7.04. The molecule has 8 heteroatoms. The third-order valence-corrected chi connectivity index (χ3v) is 4.07. The molecule has 0 aliphatic carbocycles. The van der Waals surface area contributed by atoms with E-state index in [0.717, 1.165) is 0 Å². The number of nitrogens with zero attached hydrogens (tertiary/aromatic N) is 1. The van der Waals surface area contributed by atoms with E-state index in [0.29, 0.717) is 13.0 Å². The van der Waals surface area contributed by atoms with E-state index in [2.05, 4.69) is 21.2 Å². The summed E-state index contributed by atoms with van der Waals surface area (Å²) in [6.45, 7) is 6.00. The van der Waals surface area contributed by atoms with Gasteiger partial charge in [0.05, 0.1) is 10.0 Å². The highest BCUT2D eigenvalue weighted by Crippen LogP contribution is 2.21. The highest BCUT2D eigenvalue weighted by atomic mass is 79.9. The van der Waals surface area contributed by atoms with Gasteiger partial charge in [0.15, 0.2) is 11.6 Å². The molecule has 1 fully saturated rings. The Morgan fingerprint density at radius 2 is 1.96 bits per heavy atom. The summed E-state index contributed by atoms with van der Waals surface area (Å²) in [6, 6.07) is 2.14. The Bertz CT molecular complexity index is 661. The maximum Gasteiger partial charge on any atom is 0.410 e. The molecule has 1 aromatic rings. The van der Waals surface area contributed by atoms with Crippen LogP contribution in [-0.4, -0.2) is 41.6 Å². The van der Waals surface area contributed by atoms with Crippen molar-refractivity contribution in [1.29, 1.82) is 0 Å². The lowest BCUT2D eigenvalue weighted by atomic mass is 10.1. The molecule has 0 spiro atoms. The SMILES string of the molecule is CC(C)(C)OC(=O)N1CCC(NC(=O)c2ccc(Br)c(F)c2F)C1. The molecule has 0 radical (unpaired) electrons. The molecule has 0 bridgehead atoms. The zero-order valence-corrected chi connectivity index (χ0v) is 15.2. The number of hydrogen-bond donors (Lipinski definition) is 1. The Labute approximate surface area is 147 Å². The Hall–Kier alpha value is -1.70. The third kappa shape index (κ3) is 4.43. The van der Waals surface area contributed by atoms with Crippen LogP contribution in [-0.2, 0) is 4.74 Å². The van der Waals surface area contributed by atoms with E-state index in [1.807, 2.05) is 0 Å².